The Hall–Kier alpha value is -3.18. The van der Waals surface area contributed by atoms with Crippen LogP contribution in [0.1, 0.15) is 44.1 Å². The van der Waals surface area contributed by atoms with Crippen molar-refractivity contribution in [1.29, 1.82) is 0 Å². The number of carbonyl (C=O) groups is 2. The molecule has 0 aliphatic carbocycles. The van der Waals surface area contributed by atoms with Crippen LogP contribution < -0.4 is 20.3 Å². The minimum atomic E-state index is -0.419. The smallest absolute Gasteiger partial charge is 0.312 e. The van der Waals surface area contributed by atoms with E-state index in [4.69, 9.17) is 4.74 Å². The molecule has 0 aromatic heterocycles. The molecule has 10 nitrogen and oxygen atoms in total. The number of methoxy groups -OCH3 is 1. The van der Waals surface area contributed by atoms with E-state index in [1.54, 1.807) is 6.07 Å². The number of amides is 2. The summed E-state index contributed by atoms with van der Waals surface area (Å²) in [5.74, 6) is -0.188. The molecule has 1 spiro atoms. The van der Waals surface area contributed by atoms with Crippen molar-refractivity contribution in [3.63, 3.8) is 0 Å². The molecule has 1 atom stereocenters. The second-order valence-corrected chi connectivity index (χ2v) is 11.7. The van der Waals surface area contributed by atoms with Crippen molar-refractivity contribution in [2.24, 2.45) is 5.41 Å². The van der Waals surface area contributed by atoms with Crippen LogP contribution in [-0.4, -0.2) is 61.0 Å². The first-order valence-corrected chi connectivity index (χ1v) is 14.2. The van der Waals surface area contributed by atoms with Crippen molar-refractivity contribution in [2.45, 2.75) is 51.1 Å². The predicted molar refractivity (Wildman–Crippen MR) is 152 cm³/mol. The number of ether oxygens (including phenoxy) is 1. The fourth-order valence-electron chi connectivity index (χ4n) is 6.04. The number of likely N-dealkylation sites (tertiary alicyclic amines) is 1. The standard InChI is InChI=1S/C28H34BrN5O5/c1-39-25-17-23(21(29)16-24(25)34(37)38)33-13-9-28(10-14-33)7-11-32(12-8-28)18-19-3-2-4-20(15-19)30-22-5-6-26(35)31-27(22)36/h2-4,15-17,22,30H,5-14,18H2,1H3,(H,31,35,36). The van der Waals surface area contributed by atoms with Gasteiger partial charge in [0.05, 0.1) is 17.7 Å². The summed E-state index contributed by atoms with van der Waals surface area (Å²) in [6.07, 6.45) is 5.36. The summed E-state index contributed by atoms with van der Waals surface area (Å²) in [7, 11) is 1.46. The van der Waals surface area contributed by atoms with Crippen molar-refractivity contribution in [3.8, 4) is 5.75 Å². The number of hydrogen-bond acceptors (Lipinski definition) is 8. The number of nitro benzene ring substituents is 1. The third-order valence-electron chi connectivity index (χ3n) is 8.44. The molecule has 3 fully saturated rings. The largest absolute Gasteiger partial charge is 0.490 e. The van der Waals surface area contributed by atoms with Crippen LogP contribution in [0.5, 0.6) is 5.75 Å². The highest BCUT2D eigenvalue weighted by atomic mass is 79.9. The third-order valence-corrected chi connectivity index (χ3v) is 9.07. The number of hydrogen-bond donors (Lipinski definition) is 2. The van der Waals surface area contributed by atoms with E-state index in [2.05, 4.69) is 48.5 Å². The molecule has 3 heterocycles. The van der Waals surface area contributed by atoms with Gasteiger partial charge in [-0.25, -0.2) is 0 Å². The first kappa shape index (κ1) is 27.4. The van der Waals surface area contributed by atoms with Gasteiger partial charge in [-0.1, -0.05) is 12.1 Å². The van der Waals surface area contributed by atoms with Crippen molar-refractivity contribution >= 4 is 44.8 Å². The molecular formula is C28H34BrN5O5. The summed E-state index contributed by atoms with van der Waals surface area (Å²) >= 11 is 3.53. The van der Waals surface area contributed by atoms with Crippen LogP contribution in [-0.2, 0) is 16.1 Å². The summed E-state index contributed by atoms with van der Waals surface area (Å²) in [5.41, 5.74) is 3.34. The molecule has 2 amide bonds. The number of nitrogens with one attached hydrogen (secondary N) is 2. The van der Waals surface area contributed by atoms with E-state index in [-0.39, 0.29) is 29.3 Å². The molecule has 39 heavy (non-hydrogen) atoms. The van der Waals surface area contributed by atoms with E-state index in [9.17, 15) is 19.7 Å². The number of benzene rings is 2. The van der Waals surface area contributed by atoms with Gasteiger partial charge in [0.2, 0.25) is 11.8 Å². The Balaban J connectivity index is 1.14. The Morgan fingerprint density at radius 2 is 1.85 bits per heavy atom. The molecule has 11 heteroatoms. The Morgan fingerprint density at radius 1 is 1.13 bits per heavy atom. The fourth-order valence-corrected chi connectivity index (χ4v) is 6.62. The summed E-state index contributed by atoms with van der Waals surface area (Å²) in [4.78, 5) is 39.2. The second kappa shape index (κ2) is 11.5. The molecule has 5 rings (SSSR count). The molecular weight excluding hydrogens is 566 g/mol. The van der Waals surface area contributed by atoms with Crippen molar-refractivity contribution in [3.05, 3.63) is 56.5 Å². The van der Waals surface area contributed by atoms with Crippen molar-refractivity contribution < 1.29 is 19.2 Å². The Kier molecular flexibility index (Phi) is 8.08. The van der Waals surface area contributed by atoms with Crippen LogP contribution in [0.15, 0.2) is 40.9 Å². The fraction of sp³-hybridized carbons (Fsp3) is 0.500. The van der Waals surface area contributed by atoms with Crippen LogP contribution in [0.3, 0.4) is 0 Å². The maximum absolute atomic E-state index is 12.1. The Morgan fingerprint density at radius 3 is 2.51 bits per heavy atom. The second-order valence-electron chi connectivity index (χ2n) is 10.8. The Labute approximate surface area is 236 Å². The monoisotopic (exact) mass is 599 g/mol. The summed E-state index contributed by atoms with van der Waals surface area (Å²) in [6.45, 7) is 4.77. The number of anilines is 2. The molecule has 0 radical (unpaired) electrons. The lowest BCUT2D eigenvalue weighted by molar-refractivity contribution is -0.385. The number of imide groups is 1. The predicted octanol–water partition coefficient (Wildman–Crippen LogP) is 4.47. The molecule has 3 saturated heterocycles. The van der Waals surface area contributed by atoms with E-state index >= 15 is 0 Å². The highest BCUT2D eigenvalue weighted by Crippen LogP contribution is 2.45. The first-order valence-electron chi connectivity index (χ1n) is 13.4. The number of nitrogens with zero attached hydrogens (tertiary/aromatic N) is 3. The van der Waals surface area contributed by atoms with Gasteiger partial charge in [0.25, 0.3) is 0 Å². The quantitative estimate of drug-likeness (QED) is 0.272. The van der Waals surface area contributed by atoms with Gasteiger partial charge in [-0.15, -0.1) is 0 Å². The molecule has 208 valence electrons. The van der Waals surface area contributed by atoms with Gasteiger partial charge in [-0.2, -0.15) is 0 Å². The topological polar surface area (TPSA) is 117 Å². The van der Waals surface area contributed by atoms with E-state index in [1.165, 1.54) is 18.7 Å². The average molecular weight is 601 g/mol. The summed E-state index contributed by atoms with van der Waals surface area (Å²) in [5, 5.41) is 17.0. The van der Waals surface area contributed by atoms with Gasteiger partial charge < -0.3 is 15.0 Å². The molecule has 0 bridgehead atoms. The molecule has 0 saturated carbocycles. The minimum absolute atomic E-state index is 0.0359. The normalized spacial score (nSPS) is 21.5. The van der Waals surface area contributed by atoms with Gasteiger partial charge >= 0.3 is 5.69 Å². The number of nitro groups is 1. The lowest BCUT2D eigenvalue weighted by Gasteiger charge is -2.47. The van der Waals surface area contributed by atoms with Crippen LogP contribution in [0.4, 0.5) is 17.1 Å². The number of rotatable bonds is 7. The lowest BCUT2D eigenvalue weighted by Crippen LogP contribution is -2.47. The average Bonchev–Trinajstić information content (AvgIpc) is 2.92. The zero-order valence-corrected chi connectivity index (χ0v) is 23.7. The molecule has 1 unspecified atom stereocenters. The van der Waals surface area contributed by atoms with Crippen LogP contribution in [0.2, 0.25) is 0 Å². The van der Waals surface area contributed by atoms with E-state index in [0.29, 0.717) is 18.3 Å². The van der Waals surface area contributed by atoms with E-state index < -0.39 is 4.92 Å². The van der Waals surface area contributed by atoms with Crippen LogP contribution in [0, 0.1) is 15.5 Å². The zero-order chi connectivity index (χ0) is 27.6. The van der Waals surface area contributed by atoms with Gasteiger partial charge in [0, 0.05) is 48.3 Å². The highest BCUT2D eigenvalue weighted by molar-refractivity contribution is 9.10. The highest BCUT2D eigenvalue weighted by Gasteiger charge is 2.38. The molecule has 3 aliphatic heterocycles. The number of halogens is 1. The molecule has 2 N–H and O–H groups in total. The van der Waals surface area contributed by atoms with Gasteiger partial charge in [0.15, 0.2) is 5.75 Å². The summed E-state index contributed by atoms with van der Waals surface area (Å²) < 4.78 is 6.01. The van der Waals surface area contributed by atoms with Crippen molar-refractivity contribution in [2.75, 3.05) is 43.5 Å². The summed E-state index contributed by atoms with van der Waals surface area (Å²) in [6, 6.07) is 11.1. The molecule has 3 aliphatic rings. The number of carbonyl (C=O) groups excluding carboxylic acids is 2. The van der Waals surface area contributed by atoms with Crippen molar-refractivity contribution in [1.82, 2.24) is 10.2 Å². The van der Waals surface area contributed by atoms with E-state index in [1.807, 2.05) is 12.1 Å². The van der Waals surface area contributed by atoms with Crippen LogP contribution >= 0.6 is 15.9 Å². The van der Waals surface area contributed by atoms with Gasteiger partial charge in [-0.05, 0) is 84.2 Å². The first-order chi connectivity index (χ1) is 18.7. The van der Waals surface area contributed by atoms with E-state index in [0.717, 1.165) is 74.3 Å². The third kappa shape index (κ3) is 6.19. The molecule has 2 aromatic rings. The maximum atomic E-state index is 12.1. The van der Waals surface area contributed by atoms with Gasteiger partial charge in [0.1, 0.15) is 6.04 Å². The molecule has 2 aromatic carbocycles. The van der Waals surface area contributed by atoms with Gasteiger partial charge in [-0.3, -0.25) is 29.9 Å². The minimum Gasteiger partial charge on any atom is -0.490 e. The van der Waals surface area contributed by atoms with Crippen LogP contribution in [0.25, 0.3) is 0 Å². The SMILES string of the molecule is COc1cc(N2CCC3(CCN(Cc4cccc(NC5CCC(=O)NC5=O)c4)CC3)CC2)c(Br)cc1[N+](=O)[O-]. The Bertz CT molecular complexity index is 1250. The lowest BCUT2D eigenvalue weighted by atomic mass is 9.71. The zero-order valence-electron chi connectivity index (χ0n) is 22.1. The number of piperidine rings is 3. The maximum Gasteiger partial charge on any atom is 0.312 e.